The third kappa shape index (κ3) is 9.51. The van der Waals surface area contributed by atoms with E-state index in [1.807, 2.05) is 0 Å². The van der Waals surface area contributed by atoms with Crippen molar-refractivity contribution in [2.75, 3.05) is 14.2 Å². The standard InChI is InChI=1S/C12H26Ge2O5/c1-13(2,9-7-11(15)17-5)19-14(3,4)10-8-12(16)18-6/h7-10H2,1-6H3. The van der Waals surface area contributed by atoms with E-state index in [0.29, 0.717) is 12.8 Å². The van der Waals surface area contributed by atoms with E-state index in [0.717, 1.165) is 10.5 Å². The Bertz CT molecular complexity index is 285. The van der Waals surface area contributed by atoms with E-state index in [1.54, 1.807) is 0 Å². The molecule has 0 saturated heterocycles. The van der Waals surface area contributed by atoms with Gasteiger partial charge in [-0.2, -0.15) is 0 Å². The quantitative estimate of drug-likeness (QED) is 0.467. The summed E-state index contributed by atoms with van der Waals surface area (Å²) in [6.07, 6.45) is 0.859. The number of carbonyl (C=O) groups excluding carboxylic acids is 2. The van der Waals surface area contributed by atoms with Crippen LogP contribution in [0.15, 0.2) is 0 Å². The minimum absolute atomic E-state index is 0.179. The van der Waals surface area contributed by atoms with Crippen molar-refractivity contribution in [2.45, 2.75) is 46.4 Å². The van der Waals surface area contributed by atoms with E-state index >= 15 is 0 Å². The molecule has 112 valence electrons. The molecule has 0 N–H and O–H groups in total. The second kappa shape index (κ2) is 8.31. The van der Waals surface area contributed by atoms with Crippen LogP contribution in [0, 0.1) is 0 Å². The molecule has 0 aromatic rings. The van der Waals surface area contributed by atoms with E-state index in [2.05, 4.69) is 32.5 Å². The third-order valence-electron chi connectivity index (χ3n) is 2.87. The van der Waals surface area contributed by atoms with Gasteiger partial charge in [0, 0.05) is 0 Å². The Morgan fingerprint density at radius 3 is 1.37 bits per heavy atom. The van der Waals surface area contributed by atoms with Crippen molar-refractivity contribution in [1.29, 1.82) is 0 Å². The molecule has 19 heavy (non-hydrogen) atoms. The number of rotatable bonds is 8. The van der Waals surface area contributed by atoms with Gasteiger partial charge in [-0.15, -0.1) is 0 Å². The molecule has 5 nitrogen and oxygen atoms in total. The summed E-state index contributed by atoms with van der Waals surface area (Å²) in [5.74, 6) is 8.29. The maximum atomic E-state index is 11.2. The Hall–Kier alpha value is -0.0143. The summed E-state index contributed by atoms with van der Waals surface area (Å²) in [5, 5.41) is 1.61. The van der Waals surface area contributed by atoms with Crippen molar-refractivity contribution in [3.63, 3.8) is 0 Å². The van der Waals surface area contributed by atoms with Gasteiger partial charge in [-0.25, -0.2) is 0 Å². The molecule has 0 amide bonds. The molecule has 0 aromatic carbocycles. The molecule has 0 atom stereocenters. The first-order chi connectivity index (χ1) is 8.62. The number of methoxy groups -OCH3 is 2. The van der Waals surface area contributed by atoms with E-state index < -0.39 is 27.2 Å². The van der Waals surface area contributed by atoms with Crippen LogP contribution in [-0.2, 0) is 21.9 Å². The predicted molar refractivity (Wildman–Crippen MR) is 78.9 cm³/mol. The number of carbonyl (C=O) groups is 2. The fourth-order valence-electron chi connectivity index (χ4n) is 1.86. The van der Waals surface area contributed by atoms with E-state index in [1.165, 1.54) is 14.2 Å². The van der Waals surface area contributed by atoms with Gasteiger partial charge in [0.15, 0.2) is 0 Å². The van der Waals surface area contributed by atoms with Gasteiger partial charge in [-0.3, -0.25) is 0 Å². The Morgan fingerprint density at radius 2 is 1.11 bits per heavy atom. The van der Waals surface area contributed by atoms with Crippen LogP contribution in [0.2, 0.25) is 33.5 Å². The van der Waals surface area contributed by atoms with Gasteiger partial charge in [0.05, 0.1) is 0 Å². The van der Waals surface area contributed by atoms with Crippen molar-refractivity contribution in [1.82, 2.24) is 0 Å². The van der Waals surface area contributed by atoms with Gasteiger partial charge in [-0.1, -0.05) is 0 Å². The zero-order valence-electron chi connectivity index (χ0n) is 12.9. The molecule has 0 rings (SSSR count). The SMILES string of the molecule is COC(=O)C[CH2][Ge]([CH3])([CH3])[O][Ge]([CH3])([CH3])[CH2]CC(=O)OC. The summed E-state index contributed by atoms with van der Waals surface area (Å²) in [6, 6.07) is 0. The maximum absolute atomic E-state index is 11.2. The fourth-order valence-corrected chi connectivity index (χ4v) is 27.3. The molecule has 0 bridgehead atoms. The van der Waals surface area contributed by atoms with E-state index in [-0.39, 0.29) is 11.9 Å². The van der Waals surface area contributed by atoms with Crippen LogP contribution in [0.5, 0.6) is 0 Å². The normalized spacial score (nSPS) is 12.1. The molecule has 0 spiro atoms. The van der Waals surface area contributed by atoms with Crippen molar-refractivity contribution in [3.05, 3.63) is 0 Å². The average Bonchev–Trinajstić information content (AvgIpc) is 2.31. The summed E-state index contributed by atoms with van der Waals surface area (Å²) >= 11 is -4.79. The average molecular weight is 396 g/mol. The zero-order valence-corrected chi connectivity index (χ0v) is 17.1. The summed E-state index contributed by atoms with van der Waals surface area (Å²) < 4.78 is 15.7. The molecule has 0 unspecified atom stereocenters. The summed E-state index contributed by atoms with van der Waals surface area (Å²) in [6.45, 7) is 0. The zero-order chi connectivity index (χ0) is 15.1. The van der Waals surface area contributed by atoms with Crippen LogP contribution in [0.3, 0.4) is 0 Å². The monoisotopic (exact) mass is 398 g/mol. The second-order valence-electron chi connectivity index (χ2n) is 5.77. The Balaban J connectivity index is 4.28. The molecule has 0 aliphatic heterocycles. The van der Waals surface area contributed by atoms with Crippen molar-refractivity contribution >= 4 is 39.1 Å². The molecular formula is C12H26Ge2O5. The minimum atomic E-state index is -2.40. The van der Waals surface area contributed by atoms with E-state index in [4.69, 9.17) is 2.79 Å². The van der Waals surface area contributed by atoms with Crippen molar-refractivity contribution < 1.29 is 21.9 Å². The summed E-state index contributed by atoms with van der Waals surface area (Å²) in [7, 11) is 2.81. The third-order valence-corrected chi connectivity index (χ3v) is 23.3. The van der Waals surface area contributed by atoms with Crippen LogP contribution in [0.1, 0.15) is 12.8 Å². The van der Waals surface area contributed by atoms with Crippen LogP contribution < -0.4 is 0 Å². The fraction of sp³-hybridized carbons (Fsp3) is 0.833. The second-order valence-corrected chi connectivity index (χ2v) is 25.3. The molecule has 0 saturated carbocycles. The predicted octanol–water partition coefficient (Wildman–Crippen LogP) is 2.54. The van der Waals surface area contributed by atoms with Crippen LogP contribution in [0.4, 0.5) is 0 Å². The number of hydrogen-bond acceptors (Lipinski definition) is 5. The topological polar surface area (TPSA) is 61.8 Å². The van der Waals surface area contributed by atoms with Gasteiger partial charge >= 0.3 is 122 Å². The van der Waals surface area contributed by atoms with E-state index in [9.17, 15) is 9.59 Å². The number of hydrogen-bond donors (Lipinski definition) is 0. The van der Waals surface area contributed by atoms with Gasteiger partial charge in [0.1, 0.15) is 0 Å². The first-order valence-electron chi connectivity index (χ1n) is 6.46. The molecule has 0 aliphatic rings. The Labute approximate surface area is 121 Å². The molecule has 0 fully saturated rings. The van der Waals surface area contributed by atoms with Crippen LogP contribution in [-0.4, -0.2) is 53.4 Å². The summed E-state index contributed by atoms with van der Waals surface area (Å²) in [5.41, 5.74) is 0. The van der Waals surface area contributed by atoms with Crippen LogP contribution in [0.25, 0.3) is 0 Å². The van der Waals surface area contributed by atoms with Crippen molar-refractivity contribution in [2.24, 2.45) is 0 Å². The van der Waals surface area contributed by atoms with Gasteiger partial charge in [-0.05, 0) is 0 Å². The first kappa shape index (κ1) is 19.0. The van der Waals surface area contributed by atoms with Gasteiger partial charge in [0.25, 0.3) is 0 Å². The summed E-state index contributed by atoms with van der Waals surface area (Å²) in [4.78, 5) is 22.4. The molecule has 0 aromatic heterocycles. The molecular weight excluding hydrogens is 369 g/mol. The number of ether oxygens (including phenoxy) is 2. The first-order valence-corrected chi connectivity index (χ1v) is 19.5. The molecule has 0 radical (unpaired) electrons. The number of esters is 2. The van der Waals surface area contributed by atoms with Gasteiger partial charge in [0.2, 0.25) is 0 Å². The Kier molecular flexibility index (Phi) is 8.31. The Morgan fingerprint density at radius 1 is 0.789 bits per heavy atom. The van der Waals surface area contributed by atoms with Crippen molar-refractivity contribution in [3.8, 4) is 0 Å². The molecule has 0 aliphatic carbocycles. The van der Waals surface area contributed by atoms with Crippen LogP contribution >= 0.6 is 0 Å². The molecule has 0 heterocycles. The molecule has 7 heteroatoms. The van der Waals surface area contributed by atoms with Gasteiger partial charge < -0.3 is 0 Å².